The molecule has 0 aromatic rings. The molecule has 0 rings (SSSR count). The van der Waals surface area contributed by atoms with E-state index >= 15 is 0 Å². The lowest BCUT2D eigenvalue weighted by atomic mass is 10.1. The molecule has 0 fully saturated rings. The second-order valence-corrected chi connectivity index (χ2v) is 14.6. The van der Waals surface area contributed by atoms with E-state index in [-0.39, 0.29) is 0 Å². The van der Waals surface area contributed by atoms with E-state index in [1.54, 1.807) is 0 Å². The van der Waals surface area contributed by atoms with Crippen LogP contribution in [0.5, 0.6) is 0 Å². The van der Waals surface area contributed by atoms with Crippen LogP contribution in [0.2, 0.25) is 0 Å². The average molecular weight is 576 g/mol. The average Bonchev–Trinajstić information content (AvgIpc) is 2.79. The van der Waals surface area contributed by atoms with Gasteiger partial charge in [-0.05, 0) is 38.5 Å². The molecule has 0 aliphatic rings. The second kappa shape index (κ2) is 31.8. The number of quaternary nitrogens is 3. The first-order chi connectivity index (χ1) is 18.4. The fraction of sp³-hybridized carbons (Fsp3) is 1.00. The molecule has 7 heteroatoms. The molecule has 0 unspecified atom stereocenters. The predicted molar refractivity (Wildman–Crippen MR) is 175 cm³/mol. The minimum atomic E-state index is -2.92. The van der Waals surface area contributed by atoms with Crippen molar-refractivity contribution in [3.8, 4) is 0 Å². The van der Waals surface area contributed by atoms with Crippen molar-refractivity contribution in [2.45, 2.75) is 136 Å². The fourth-order valence-electron chi connectivity index (χ4n) is 4.10. The summed E-state index contributed by atoms with van der Waals surface area (Å²) in [6, 6.07) is 0. The van der Waals surface area contributed by atoms with Gasteiger partial charge in [0.1, 0.15) is 0 Å². The summed E-state index contributed by atoms with van der Waals surface area (Å²) in [5, 5.41) is 25.2. The lowest BCUT2D eigenvalue weighted by molar-refractivity contribution is -0.870. The van der Waals surface area contributed by atoms with Crippen LogP contribution in [-0.4, -0.2) is 104 Å². The van der Waals surface area contributed by atoms with Crippen molar-refractivity contribution in [1.82, 2.24) is 0 Å². The van der Waals surface area contributed by atoms with E-state index in [9.17, 15) is 0 Å². The molecule has 0 saturated heterocycles. The van der Waals surface area contributed by atoms with Gasteiger partial charge in [-0.15, -0.1) is 0 Å². The zero-order valence-electron chi connectivity index (χ0n) is 30.0. The van der Waals surface area contributed by atoms with Crippen LogP contribution in [0.15, 0.2) is 0 Å². The highest BCUT2D eigenvalue weighted by Crippen LogP contribution is 2.08. The number of hydrogen-bond donors (Lipinski definition) is 0. The first kappa shape index (κ1) is 46.8. The highest BCUT2D eigenvalue weighted by molar-refractivity contribution is 6.24. The van der Waals surface area contributed by atoms with Crippen molar-refractivity contribution in [1.29, 1.82) is 0 Å². The van der Waals surface area contributed by atoms with Crippen LogP contribution in [0.3, 0.4) is 0 Å². The maximum atomic E-state index is 8.42. The van der Waals surface area contributed by atoms with E-state index in [0.717, 1.165) is 13.4 Å². The molecule has 0 bridgehead atoms. The van der Waals surface area contributed by atoms with Crippen LogP contribution < -0.4 is 15.1 Å². The fourth-order valence-corrected chi connectivity index (χ4v) is 4.10. The third-order valence-electron chi connectivity index (χ3n) is 6.55. The number of hydrogen-bond acceptors (Lipinski definition) is 3. The van der Waals surface area contributed by atoms with Crippen molar-refractivity contribution in [3.05, 3.63) is 0 Å². The summed E-state index contributed by atoms with van der Waals surface area (Å²) in [4.78, 5) is 0. The van der Waals surface area contributed by atoms with E-state index in [2.05, 4.69) is 84.2 Å². The van der Waals surface area contributed by atoms with E-state index in [0.29, 0.717) is 0 Å². The molecule has 0 aromatic heterocycles. The number of unbranched alkanes of at least 4 members (excludes halogenated alkanes) is 15. The van der Waals surface area contributed by atoms with Gasteiger partial charge >= 0.3 is 0 Å². The largest absolute Gasteiger partial charge is 0.907 e. The normalized spacial score (nSPS) is 11.5. The van der Waals surface area contributed by atoms with Gasteiger partial charge in [0.05, 0.1) is 83.1 Å². The number of nitrogens with zero attached hydrogens (tertiary/aromatic N) is 3. The Morgan fingerprint density at radius 2 is 0.475 bits per heavy atom. The van der Waals surface area contributed by atoms with E-state index in [1.165, 1.54) is 135 Å². The van der Waals surface area contributed by atoms with Gasteiger partial charge in [0, 0.05) is 0 Å². The Labute approximate surface area is 255 Å². The number of rotatable bonds is 21. The molecule has 0 heterocycles. The van der Waals surface area contributed by atoms with Gasteiger partial charge in [-0.3, -0.25) is 7.32 Å². The monoisotopic (exact) mass is 576 g/mol. The van der Waals surface area contributed by atoms with Gasteiger partial charge in [0.15, 0.2) is 0 Å². The first-order valence-electron chi connectivity index (χ1n) is 16.8. The molecule has 0 aliphatic heterocycles. The van der Waals surface area contributed by atoms with Gasteiger partial charge < -0.3 is 28.5 Å². The maximum absolute atomic E-state index is 8.42. The third kappa shape index (κ3) is 71.3. The smallest absolute Gasteiger partial charge is 0.0780 e. The van der Waals surface area contributed by atoms with Crippen LogP contribution in [-0.2, 0) is 0 Å². The summed E-state index contributed by atoms with van der Waals surface area (Å²) in [5.41, 5.74) is 0. The van der Waals surface area contributed by atoms with E-state index < -0.39 is 7.32 Å². The molecular weight excluding hydrogens is 497 g/mol. The SMILES string of the molecule is CCCCCCCC[N+](C)(C)C.CCCCCCCC[N+](C)(C)C.CCCCCCCC[N+](C)(C)C.[O-]B([O-])[O-]. The van der Waals surface area contributed by atoms with Crippen molar-refractivity contribution < 1.29 is 28.5 Å². The van der Waals surface area contributed by atoms with Crippen LogP contribution in [0, 0.1) is 0 Å². The zero-order valence-corrected chi connectivity index (χ0v) is 30.0. The van der Waals surface area contributed by atoms with Crippen molar-refractivity contribution in [3.63, 3.8) is 0 Å². The Hall–Kier alpha value is -0.175. The van der Waals surface area contributed by atoms with Gasteiger partial charge in [0.2, 0.25) is 0 Å². The quantitative estimate of drug-likeness (QED) is 0.107. The molecule has 0 spiro atoms. The molecule has 6 nitrogen and oxygen atoms in total. The van der Waals surface area contributed by atoms with Crippen molar-refractivity contribution in [2.24, 2.45) is 0 Å². The minimum absolute atomic E-state index is 1.12. The summed E-state index contributed by atoms with van der Waals surface area (Å²) in [6.45, 7) is 10.8. The molecule has 0 amide bonds. The second-order valence-electron chi connectivity index (χ2n) is 14.6. The van der Waals surface area contributed by atoms with Crippen LogP contribution >= 0.6 is 0 Å². The van der Waals surface area contributed by atoms with E-state index in [1.807, 2.05) is 0 Å². The topological polar surface area (TPSA) is 69.2 Å². The Kier molecular flexibility index (Phi) is 37.1. The summed E-state index contributed by atoms with van der Waals surface area (Å²) in [5.74, 6) is 0. The Balaban J connectivity index is -0.000000227. The standard InChI is InChI=1S/3C11H26N.BO3/c3*1-5-6-7-8-9-10-11-12(2,3)4;2-1(3)4/h3*5-11H2,1-4H3;/q3*+1;-3. The molecule has 0 radical (unpaired) electrons. The lowest BCUT2D eigenvalue weighted by Gasteiger charge is -2.35. The third-order valence-corrected chi connectivity index (χ3v) is 6.55. The van der Waals surface area contributed by atoms with Gasteiger partial charge in [-0.25, -0.2) is 0 Å². The molecule has 0 saturated carbocycles. The molecule has 0 aliphatic carbocycles. The van der Waals surface area contributed by atoms with Crippen LogP contribution in [0.25, 0.3) is 0 Å². The Bertz CT molecular complexity index is 395. The summed E-state index contributed by atoms with van der Waals surface area (Å²) in [6.07, 6.45) is 25.4. The Morgan fingerprint density at radius 1 is 0.325 bits per heavy atom. The van der Waals surface area contributed by atoms with Crippen LogP contribution in [0.4, 0.5) is 0 Å². The molecular formula is C33H78BN3O3. The zero-order chi connectivity index (χ0) is 31.9. The summed E-state index contributed by atoms with van der Waals surface area (Å²) >= 11 is 0. The van der Waals surface area contributed by atoms with Gasteiger partial charge in [0.25, 0.3) is 0 Å². The molecule has 0 N–H and O–H groups in total. The van der Waals surface area contributed by atoms with Crippen LogP contribution in [0.1, 0.15) is 136 Å². The Morgan fingerprint density at radius 3 is 0.625 bits per heavy atom. The van der Waals surface area contributed by atoms with Crippen molar-refractivity contribution in [2.75, 3.05) is 83.1 Å². The predicted octanol–water partition coefficient (Wildman–Crippen LogP) is 5.21. The maximum Gasteiger partial charge on any atom is 0.0780 e. The van der Waals surface area contributed by atoms with Crippen molar-refractivity contribution >= 4 is 7.32 Å². The lowest BCUT2D eigenvalue weighted by Crippen LogP contribution is -2.56. The summed E-state index contributed by atoms with van der Waals surface area (Å²) < 4.78 is 3.36. The molecule has 40 heavy (non-hydrogen) atoms. The highest BCUT2D eigenvalue weighted by Gasteiger charge is 2.06. The molecule has 0 aromatic carbocycles. The molecule has 0 atom stereocenters. The van der Waals surface area contributed by atoms with Gasteiger partial charge in [-0.2, -0.15) is 0 Å². The summed E-state index contributed by atoms with van der Waals surface area (Å²) in [7, 11) is 17.5. The first-order valence-corrected chi connectivity index (χ1v) is 16.8. The van der Waals surface area contributed by atoms with E-state index in [4.69, 9.17) is 15.1 Å². The van der Waals surface area contributed by atoms with Gasteiger partial charge in [-0.1, -0.05) is 97.8 Å². The molecule has 246 valence electrons. The minimum Gasteiger partial charge on any atom is -0.907 e. The highest BCUT2D eigenvalue weighted by atomic mass is 16.5.